The third-order valence-electron chi connectivity index (χ3n) is 10.3. The zero-order chi connectivity index (χ0) is 35.3. The summed E-state index contributed by atoms with van der Waals surface area (Å²) in [5.41, 5.74) is 16.7. The van der Waals surface area contributed by atoms with Crippen LogP contribution in [0.5, 0.6) is 0 Å². The maximum atomic E-state index is 5.43. The first-order chi connectivity index (χ1) is 25.4. The van der Waals surface area contributed by atoms with Crippen molar-refractivity contribution >= 4 is 68.7 Å². The molecule has 0 aromatic carbocycles. The Bertz CT molecular complexity index is 2160. The number of rotatable bonds is 4. The van der Waals surface area contributed by atoms with Gasteiger partial charge in [-0.15, -0.1) is 0 Å². The number of likely N-dealkylation sites (N-methyl/N-ethyl adjacent to an activating group) is 4. The Labute approximate surface area is 321 Å². The predicted molar refractivity (Wildman–Crippen MR) is 218 cm³/mol. The minimum Gasteiger partial charge on any atom is -0.377 e. The first kappa shape index (κ1) is 34.3. The van der Waals surface area contributed by atoms with Crippen LogP contribution < -0.4 is 0 Å². The van der Waals surface area contributed by atoms with Gasteiger partial charge in [0.25, 0.3) is 0 Å². The molecule has 0 aliphatic carbocycles. The number of aromatic amines is 2. The van der Waals surface area contributed by atoms with Gasteiger partial charge >= 0.3 is 0 Å². The average molecular weight is 738 g/mol. The van der Waals surface area contributed by atoms with Crippen LogP contribution in [0.4, 0.5) is 0 Å². The zero-order valence-electron chi connectivity index (χ0n) is 30.4. The molecule has 8 nitrogen and oxygen atoms in total. The second kappa shape index (κ2) is 14.0. The number of allylic oxidation sites excluding steroid dienone is 8. The van der Waals surface area contributed by atoms with Gasteiger partial charge in [-0.2, -0.15) is 0 Å². The molecule has 0 saturated carbocycles. The van der Waals surface area contributed by atoms with Crippen molar-refractivity contribution in [2.45, 2.75) is 0 Å². The quantitative estimate of drug-likeness (QED) is 0.182. The van der Waals surface area contributed by atoms with E-state index in [1.165, 1.54) is 0 Å². The standard InChI is InChI=1S/C44H42N8.Mn/c1-49-21-13-29(14-22-49)41-33-5-7-35(45-33)42(30-15-23-50(2)24-16-30)37-9-11-39(47-37)44(32-19-27-52(4)28-20-32)40-12-10-38(48-40)43(36-8-6-34(41)46-36)31-17-25-51(3)26-18-31;/h5-21,23,25,27,45,48H,22,24,26,28H2,1-4H3;. The van der Waals surface area contributed by atoms with Crippen molar-refractivity contribution in [1.82, 2.24) is 39.5 Å². The van der Waals surface area contributed by atoms with Gasteiger partial charge in [-0.3, -0.25) is 0 Å². The fourth-order valence-electron chi connectivity index (χ4n) is 7.48. The Hall–Kier alpha value is -5.76. The first-order valence-electron chi connectivity index (χ1n) is 17.9. The number of aromatic nitrogens is 4. The van der Waals surface area contributed by atoms with Gasteiger partial charge in [0.05, 0.1) is 22.8 Å². The number of hydrogen-bond acceptors (Lipinski definition) is 6. The number of hydrogen-bond donors (Lipinski definition) is 2. The average Bonchev–Trinajstić information content (AvgIpc) is 3.99. The predicted octanol–water partition coefficient (Wildman–Crippen LogP) is 8.02. The van der Waals surface area contributed by atoms with Crippen LogP contribution in [-0.2, 0) is 17.1 Å². The summed E-state index contributed by atoms with van der Waals surface area (Å²) in [5.74, 6) is 0. The summed E-state index contributed by atoms with van der Waals surface area (Å²) in [6, 6.07) is 8.79. The van der Waals surface area contributed by atoms with E-state index in [2.05, 4.69) is 180 Å². The largest absolute Gasteiger partial charge is 0.377 e. The fraction of sp³-hybridized carbons (Fsp3) is 0.182. The summed E-state index contributed by atoms with van der Waals surface area (Å²) in [6.45, 7) is 3.31. The molecule has 3 aromatic heterocycles. The molecule has 9 heteroatoms. The Morgan fingerprint density at radius 2 is 0.642 bits per heavy atom. The van der Waals surface area contributed by atoms with E-state index in [0.29, 0.717) is 0 Å². The molecule has 1 radical (unpaired) electrons. The molecule has 9 rings (SSSR count). The van der Waals surface area contributed by atoms with Crippen LogP contribution in [0.3, 0.4) is 0 Å². The van der Waals surface area contributed by atoms with Gasteiger partial charge in [0.1, 0.15) is 0 Å². The molecule has 8 bridgehead atoms. The second-order valence-electron chi connectivity index (χ2n) is 14.2. The van der Waals surface area contributed by atoms with Gasteiger partial charge in [0.2, 0.25) is 0 Å². The third-order valence-corrected chi connectivity index (χ3v) is 10.3. The molecule has 3 aromatic rings. The van der Waals surface area contributed by atoms with Crippen LogP contribution in [0.2, 0.25) is 0 Å². The summed E-state index contributed by atoms with van der Waals surface area (Å²) in [6.07, 6.45) is 35.2. The fourth-order valence-corrected chi connectivity index (χ4v) is 7.48. The van der Waals surface area contributed by atoms with E-state index in [1.807, 2.05) is 0 Å². The molecule has 9 heterocycles. The van der Waals surface area contributed by atoms with Gasteiger partial charge in [0.15, 0.2) is 0 Å². The Morgan fingerprint density at radius 1 is 0.396 bits per heavy atom. The number of nitrogens with zero attached hydrogens (tertiary/aromatic N) is 6. The van der Waals surface area contributed by atoms with Crippen molar-refractivity contribution in [1.29, 1.82) is 0 Å². The molecule has 0 fully saturated rings. The maximum absolute atomic E-state index is 5.43. The molecule has 0 atom stereocenters. The summed E-state index contributed by atoms with van der Waals surface area (Å²) < 4.78 is 0. The number of fused-ring (bicyclic) bond motifs is 8. The van der Waals surface area contributed by atoms with Gasteiger partial charge in [-0.1, -0.05) is 24.3 Å². The molecular weight excluding hydrogens is 695 g/mol. The van der Waals surface area contributed by atoms with E-state index in [4.69, 9.17) is 9.97 Å². The topological polar surface area (TPSA) is 70.3 Å². The SMILES string of the molecule is CN1C=CC(c2c3nc(c(C4=CCN(C)C=C4)c4ccc([nH]4)c(C4=CCN(C)C=C4)c4nc(c(C5=CCN(C)C=C5)c5ccc2[nH]5)C=C4)C=C3)=CC1.[Mn]. The van der Waals surface area contributed by atoms with Gasteiger partial charge < -0.3 is 29.6 Å². The molecule has 53 heavy (non-hydrogen) atoms. The van der Waals surface area contributed by atoms with Gasteiger partial charge in [-0.25, -0.2) is 9.97 Å². The zero-order valence-corrected chi connectivity index (χ0v) is 31.6. The Balaban J connectivity index is 0.00000400. The van der Waals surface area contributed by atoms with Crippen LogP contribution in [-0.4, -0.2) is 93.9 Å². The molecule has 0 unspecified atom stereocenters. The molecule has 6 aliphatic rings. The van der Waals surface area contributed by atoms with Crippen molar-refractivity contribution in [2.75, 3.05) is 54.4 Å². The van der Waals surface area contributed by atoms with E-state index in [0.717, 1.165) is 116 Å². The maximum Gasteiger partial charge on any atom is 0.0737 e. The number of nitrogens with one attached hydrogen (secondary N) is 2. The molecular formula is C44H42MnN8. The molecule has 265 valence electrons. The van der Waals surface area contributed by atoms with Gasteiger partial charge in [0, 0.05) is 116 Å². The van der Waals surface area contributed by atoms with Crippen LogP contribution in [0.15, 0.2) is 97.7 Å². The van der Waals surface area contributed by atoms with Crippen molar-refractivity contribution in [2.24, 2.45) is 0 Å². The summed E-state index contributed by atoms with van der Waals surface area (Å²) in [5, 5.41) is 0. The minimum atomic E-state index is 0. The molecule has 0 amide bonds. The van der Waals surface area contributed by atoms with Crippen LogP contribution in [0, 0.1) is 0 Å². The summed E-state index contributed by atoms with van der Waals surface area (Å²) in [4.78, 5) is 27.3. The van der Waals surface area contributed by atoms with E-state index < -0.39 is 0 Å². The first-order valence-corrected chi connectivity index (χ1v) is 17.9. The van der Waals surface area contributed by atoms with Crippen molar-refractivity contribution in [3.8, 4) is 0 Å². The molecule has 6 aliphatic heterocycles. The van der Waals surface area contributed by atoms with E-state index in [9.17, 15) is 0 Å². The van der Waals surface area contributed by atoms with E-state index >= 15 is 0 Å². The third kappa shape index (κ3) is 6.47. The summed E-state index contributed by atoms with van der Waals surface area (Å²) >= 11 is 0. The Morgan fingerprint density at radius 3 is 0.849 bits per heavy atom. The van der Waals surface area contributed by atoms with Gasteiger partial charge in [-0.05, 0) is 120 Å². The smallest absolute Gasteiger partial charge is 0.0737 e. The molecule has 0 spiro atoms. The monoisotopic (exact) mass is 737 g/mol. The van der Waals surface area contributed by atoms with E-state index in [1.54, 1.807) is 0 Å². The van der Waals surface area contributed by atoms with Crippen LogP contribution >= 0.6 is 0 Å². The summed E-state index contributed by atoms with van der Waals surface area (Å²) in [7, 11) is 8.39. The normalized spacial score (nSPS) is 17.6. The number of H-pyrrole nitrogens is 2. The second-order valence-corrected chi connectivity index (χ2v) is 14.2. The molecule has 2 N–H and O–H groups in total. The Kier molecular flexibility index (Phi) is 9.06. The molecule has 0 saturated heterocycles. The van der Waals surface area contributed by atoms with Crippen LogP contribution in [0.1, 0.15) is 45.0 Å². The minimum absolute atomic E-state index is 0. The van der Waals surface area contributed by atoms with E-state index in [-0.39, 0.29) is 17.1 Å². The van der Waals surface area contributed by atoms with Crippen molar-refractivity contribution < 1.29 is 17.1 Å². The van der Waals surface area contributed by atoms with Crippen LogP contribution in [0.25, 0.3) is 68.7 Å². The van der Waals surface area contributed by atoms with Crippen molar-refractivity contribution in [3.63, 3.8) is 0 Å². The van der Waals surface area contributed by atoms with Crippen molar-refractivity contribution in [3.05, 3.63) is 143 Å².